The van der Waals surface area contributed by atoms with E-state index >= 15 is 0 Å². The van der Waals surface area contributed by atoms with Crippen LogP contribution >= 0.6 is 7.82 Å². The van der Waals surface area contributed by atoms with Crippen LogP contribution in [0.3, 0.4) is 0 Å². The summed E-state index contributed by atoms with van der Waals surface area (Å²) < 4.78 is 21.1. The van der Waals surface area contributed by atoms with Crippen molar-refractivity contribution in [3.8, 4) is 11.1 Å². The van der Waals surface area contributed by atoms with Crippen molar-refractivity contribution in [3.05, 3.63) is 72.3 Å². The zero-order chi connectivity index (χ0) is 22.3. The minimum atomic E-state index is -4.29. The van der Waals surface area contributed by atoms with Crippen molar-refractivity contribution < 1.29 is 23.3 Å². The predicted octanol–water partition coefficient (Wildman–Crippen LogP) is 4.47. The molecule has 7 heteroatoms. The van der Waals surface area contributed by atoms with E-state index in [9.17, 15) is 14.3 Å². The zero-order valence-corrected chi connectivity index (χ0v) is 18.6. The Bertz CT molecular complexity index is 1070. The van der Waals surface area contributed by atoms with Crippen LogP contribution in [-0.4, -0.2) is 25.2 Å². The Morgan fingerprint density at radius 2 is 1.74 bits per heavy atom. The Labute approximate surface area is 182 Å². The number of hydrogen-bond donors (Lipinski definition) is 1. The first-order chi connectivity index (χ1) is 14.9. The zero-order valence-electron chi connectivity index (χ0n) is 17.7. The lowest BCUT2D eigenvalue weighted by atomic mass is 9.92. The molecule has 1 amide bonds. The highest BCUT2D eigenvalue weighted by Gasteiger charge is 2.14. The monoisotopic (exact) mass is 440 g/mol. The summed E-state index contributed by atoms with van der Waals surface area (Å²) in [7, 11) is -4.29. The molecule has 3 aromatic rings. The molecule has 0 bridgehead atoms. The summed E-state index contributed by atoms with van der Waals surface area (Å²) in [5.74, 6) is -0.129. The van der Waals surface area contributed by atoms with Gasteiger partial charge in [-0.3, -0.25) is 9.36 Å². The second-order valence-electron chi connectivity index (χ2n) is 7.50. The minimum Gasteiger partial charge on any atom is -0.756 e. The molecule has 0 spiro atoms. The molecule has 0 saturated carbocycles. The second kappa shape index (κ2) is 10.7. The number of benzene rings is 3. The minimum absolute atomic E-state index is 0.0426. The van der Waals surface area contributed by atoms with Crippen LogP contribution in [0.4, 0.5) is 0 Å². The van der Waals surface area contributed by atoms with Gasteiger partial charge in [0.1, 0.15) is 0 Å². The number of rotatable bonds is 10. The van der Waals surface area contributed by atoms with E-state index in [1.54, 1.807) is 13.8 Å². The maximum Gasteiger partial charge on any atom is 0.268 e. The Balaban J connectivity index is 1.63. The molecule has 0 aliphatic rings. The smallest absolute Gasteiger partial charge is 0.268 e. The summed E-state index contributed by atoms with van der Waals surface area (Å²) in [5.41, 5.74) is 3.05. The number of carbonyl (C=O) groups is 1. The van der Waals surface area contributed by atoms with Crippen LogP contribution < -0.4 is 10.2 Å². The molecule has 1 N–H and O–H groups in total. The quantitative estimate of drug-likeness (QED) is 0.371. The van der Waals surface area contributed by atoms with Gasteiger partial charge < -0.3 is 19.3 Å². The van der Waals surface area contributed by atoms with Crippen molar-refractivity contribution in [2.75, 3.05) is 13.2 Å². The third-order valence-electron chi connectivity index (χ3n) is 4.66. The fourth-order valence-corrected chi connectivity index (χ4v) is 4.34. The second-order valence-corrected chi connectivity index (χ2v) is 8.87. The standard InChI is InChI=1S/C24H28NO5P/c1-18(2)30-31(27,28)29-16-8-15-25-23(26)17-21-14-13-19-9-6-7-12-22(19)24(21)20-10-4-3-5-11-20/h3-7,9-14,18H,8,15-17H2,1-2H3,(H,25,26)(H,27,28)/p-1. The van der Waals surface area contributed by atoms with Gasteiger partial charge in [-0.25, -0.2) is 0 Å². The van der Waals surface area contributed by atoms with E-state index in [4.69, 9.17) is 9.05 Å². The number of nitrogens with one attached hydrogen (secondary N) is 1. The van der Waals surface area contributed by atoms with Gasteiger partial charge in [-0.1, -0.05) is 66.7 Å². The van der Waals surface area contributed by atoms with E-state index in [-0.39, 0.29) is 18.9 Å². The molecule has 0 radical (unpaired) electrons. The summed E-state index contributed by atoms with van der Waals surface area (Å²) in [6.45, 7) is 3.50. The maximum atomic E-state index is 12.5. The van der Waals surface area contributed by atoms with Crippen molar-refractivity contribution >= 4 is 24.5 Å². The summed E-state index contributed by atoms with van der Waals surface area (Å²) in [6.07, 6.45) is 0.124. The number of amides is 1. The molecule has 1 atom stereocenters. The topological polar surface area (TPSA) is 87.7 Å². The third kappa shape index (κ3) is 6.74. The Morgan fingerprint density at radius 1 is 1.03 bits per heavy atom. The maximum absolute atomic E-state index is 12.5. The average Bonchev–Trinajstić information content (AvgIpc) is 2.73. The lowest BCUT2D eigenvalue weighted by molar-refractivity contribution is -0.228. The van der Waals surface area contributed by atoms with Crippen molar-refractivity contribution in [2.24, 2.45) is 0 Å². The highest BCUT2D eigenvalue weighted by atomic mass is 31.2. The first-order valence-corrected chi connectivity index (χ1v) is 11.8. The van der Waals surface area contributed by atoms with Gasteiger partial charge in [0.15, 0.2) is 0 Å². The summed E-state index contributed by atoms with van der Waals surface area (Å²) >= 11 is 0. The van der Waals surface area contributed by atoms with E-state index in [0.717, 1.165) is 27.5 Å². The highest BCUT2D eigenvalue weighted by Crippen LogP contribution is 2.39. The number of hydrogen-bond acceptors (Lipinski definition) is 5. The normalized spacial score (nSPS) is 13.3. The Morgan fingerprint density at radius 3 is 2.48 bits per heavy atom. The average molecular weight is 440 g/mol. The largest absolute Gasteiger partial charge is 0.756 e. The first-order valence-electron chi connectivity index (χ1n) is 10.3. The van der Waals surface area contributed by atoms with E-state index in [1.165, 1.54) is 0 Å². The van der Waals surface area contributed by atoms with Crippen LogP contribution in [0, 0.1) is 0 Å². The van der Waals surface area contributed by atoms with Gasteiger partial charge in [0.05, 0.1) is 19.1 Å². The molecule has 31 heavy (non-hydrogen) atoms. The third-order valence-corrected chi connectivity index (χ3v) is 5.84. The molecular formula is C24H27NO5P-. The van der Waals surface area contributed by atoms with Gasteiger partial charge in [-0.2, -0.15) is 0 Å². The molecule has 0 aliphatic heterocycles. The summed E-state index contributed by atoms with van der Waals surface area (Å²) in [6, 6.07) is 22.2. The lowest BCUT2D eigenvalue weighted by Crippen LogP contribution is -2.27. The van der Waals surface area contributed by atoms with Crippen molar-refractivity contribution in [1.29, 1.82) is 0 Å². The highest BCUT2D eigenvalue weighted by molar-refractivity contribution is 7.45. The van der Waals surface area contributed by atoms with Crippen LogP contribution in [0.25, 0.3) is 21.9 Å². The van der Waals surface area contributed by atoms with E-state index < -0.39 is 13.9 Å². The molecular weight excluding hydrogens is 413 g/mol. The van der Waals surface area contributed by atoms with Gasteiger partial charge in [-0.05, 0) is 47.7 Å². The Kier molecular flexibility index (Phi) is 7.99. The molecule has 164 valence electrons. The van der Waals surface area contributed by atoms with E-state index in [0.29, 0.717) is 13.0 Å². The first kappa shape index (κ1) is 23.2. The molecule has 3 rings (SSSR count). The predicted molar refractivity (Wildman–Crippen MR) is 120 cm³/mol. The molecule has 0 saturated heterocycles. The number of carbonyl (C=O) groups excluding carboxylic acids is 1. The summed E-state index contributed by atoms with van der Waals surface area (Å²) in [5, 5.41) is 5.05. The fraction of sp³-hybridized carbons (Fsp3) is 0.292. The fourth-order valence-electron chi connectivity index (χ4n) is 3.41. The van der Waals surface area contributed by atoms with E-state index in [2.05, 4.69) is 17.4 Å². The number of phosphoric acid groups is 1. The van der Waals surface area contributed by atoms with Gasteiger partial charge in [0.25, 0.3) is 7.82 Å². The van der Waals surface area contributed by atoms with Crippen LogP contribution in [0.1, 0.15) is 25.8 Å². The number of fused-ring (bicyclic) bond motifs is 1. The molecule has 0 aliphatic carbocycles. The van der Waals surface area contributed by atoms with Gasteiger partial charge >= 0.3 is 0 Å². The lowest BCUT2D eigenvalue weighted by Gasteiger charge is -2.24. The van der Waals surface area contributed by atoms with Crippen LogP contribution in [0.5, 0.6) is 0 Å². The molecule has 0 aromatic heterocycles. The molecule has 1 unspecified atom stereocenters. The van der Waals surface area contributed by atoms with Crippen molar-refractivity contribution in [3.63, 3.8) is 0 Å². The van der Waals surface area contributed by atoms with Gasteiger partial charge in [0, 0.05) is 6.54 Å². The molecule has 0 heterocycles. The SMILES string of the molecule is CC(C)OP(=O)([O-])OCCCNC(=O)Cc1ccc2ccccc2c1-c1ccccc1. The van der Waals surface area contributed by atoms with Crippen LogP contribution in [0.2, 0.25) is 0 Å². The molecule has 0 fully saturated rings. The van der Waals surface area contributed by atoms with Gasteiger partial charge in [-0.15, -0.1) is 0 Å². The van der Waals surface area contributed by atoms with Crippen molar-refractivity contribution in [2.45, 2.75) is 32.8 Å². The van der Waals surface area contributed by atoms with Crippen LogP contribution in [-0.2, 0) is 24.8 Å². The molecule has 6 nitrogen and oxygen atoms in total. The van der Waals surface area contributed by atoms with E-state index in [1.807, 2.05) is 54.6 Å². The summed E-state index contributed by atoms with van der Waals surface area (Å²) in [4.78, 5) is 24.1. The number of phosphoric ester groups is 1. The Hall–Kier alpha value is -2.50. The van der Waals surface area contributed by atoms with Crippen molar-refractivity contribution in [1.82, 2.24) is 5.32 Å². The van der Waals surface area contributed by atoms with Gasteiger partial charge in [0.2, 0.25) is 5.91 Å². The van der Waals surface area contributed by atoms with Crippen LogP contribution in [0.15, 0.2) is 66.7 Å². The molecule has 3 aromatic carbocycles.